The second-order valence-electron chi connectivity index (χ2n) is 1.48. The summed E-state index contributed by atoms with van der Waals surface area (Å²) in [5.41, 5.74) is 0. The van der Waals surface area contributed by atoms with Crippen LogP contribution in [0.5, 0.6) is 0 Å². The van der Waals surface area contributed by atoms with Gasteiger partial charge in [0, 0.05) is 0 Å². The zero-order valence-electron chi connectivity index (χ0n) is 8.87. The zero-order valence-corrected chi connectivity index (χ0v) is 16.7. The molecule has 0 bridgehead atoms. The summed E-state index contributed by atoms with van der Waals surface area (Å²) < 4.78 is 0. The molecule has 0 aliphatic rings. The molecule has 0 aromatic heterocycles. The van der Waals surface area contributed by atoms with E-state index < -0.39 is 0 Å². The van der Waals surface area contributed by atoms with Crippen LogP contribution in [0.25, 0.3) is 0 Å². The van der Waals surface area contributed by atoms with Gasteiger partial charge in [-0.15, -0.1) is 0 Å². The van der Waals surface area contributed by atoms with Crippen molar-refractivity contribution in [1.82, 2.24) is 0 Å². The van der Waals surface area contributed by atoms with Gasteiger partial charge in [-0.2, -0.15) is 13.8 Å². The molecule has 80 valence electrons. The van der Waals surface area contributed by atoms with Crippen LogP contribution >= 0.6 is 59.9 Å². The number of rotatable bonds is 0. The molecule has 0 heterocycles. The Bertz CT molecular complexity index is 30.7. The molecule has 0 saturated heterocycles. The van der Waals surface area contributed by atoms with Crippen LogP contribution in [0.4, 0.5) is 0 Å². The average molecular weight is 549 g/mol. The van der Waals surface area contributed by atoms with E-state index in [9.17, 15) is 0 Å². The van der Waals surface area contributed by atoms with Gasteiger partial charge in [-0.3, -0.25) is 0 Å². The summed E-state index contributed by atoms with van der Waals surface area (Å²) >= 11 is 7.39. The van der Waals surface area contributed by atoms with Crippen LogP contribution in [0.15, 0.2) is 0 Å². The van der Waals surface area contributed by atoms with E-state index >= 15 is 0 Å². The molecule has 0 aliphatic heterocycles. The normalized spacial score (nSPS) is 6.50. The molecule has 0 aromatic carbocycles. The molecular formula is C8H21I3V-. The third-order valence-electron chi connectivity index (χ3n) is 0. The summed E-state index contributed by atoms with van der Waals surface area (Å²) in [6, 6.07) is 0. The SMILES string of the molecule is CC.CCC.C[CH-]C.[I][V]([I])[I]. The van der Waals surface area contributed by atoms with Gasteiger partial charge in [0.25, 0.3) is 0 Å². The van der Waals surface area contributed by atoms with Gasteiger partial charge in [0.2, 0.25) is 0 Å². The third kappa shape index (κ3) is 230. The first-order valence-corrected chi connectivity index (χ1v) is 17.6. The molecule has 0 nitrogen and oxygen atoms in total. The predicted octanol–water partition coefficient (Wildman–Crippen LogP) is 6.33. The van der Waals surface area contributed by atoms with Gasteiger partial charge in [-0.05, 0) is 0 Å². The summed E-state index contributed by atoms with van der Waals surface area (Å²) in [5, 5.41) is 0. The number of hydrogen-bond donors (Lipinski definition) is 0. The molecule has 0 radical (unpaired) electrons. The second kappa shape index (κ2) is 37.2. The van der Waals surface area contributed by atoms with Gasteiger partial charge in [0.15, 0.2) is 0 Å². The fraction of sp³-hybridized carbons (Fsp3) is 0.875. The summed E-state index contributed by atoms with van der Waals surface area (Å²) in [5.74, 6) is 0. The molecule has 4 heteroatoms. The Balaban J connectivity index is -0.0000000368. The fourth-order valence-electron chi connectivity index (χ4n) is 0. The first kappa shape index (κ1) is 24.1. The second-order valence-corrected chi connectivity index (χ2v) is 36.8. The molecule has 0 unspecified atom stereocenters. The summed E-state index contributed by atoms with van der Waals surface area (Å²) in [6.07, 6.45) is 3.25. The van der Waals surface area contributed by atoms with Gasteiger partial charge in [0.05, 0.1) is 0 Å². The van der Waals surface area contributed by atoms with E-state index in [1.807, 2.05) is 34.1 Å². The van der Waals surface area contributed by atoms with Crippen LogP contribution in [0.1, 0.15) is 48.0 Å². The van der Waals surface area contributed by atoms with Crippen molar-refractivity contribution in [3.05, 3.63) is 6.42 Å². The maximum atomic E-state index is 2.46. The quantitative estimate of drug-likeness (QED) is 0.245. The molecule has 0 rings (SSSR count). The molecule has 0 spiro atoms. The molecule has 0 N–H and O–H groups in total. The standard InChI is InChI=1S/C3H8.C3H7.C2H6.3HI.V/c2*1-3-2;1-2;;;;/h3H2,1-2H3;3H,1-2H3;1-2H3;3*1H;/q;-1;;;;;+3/p-3. The van der Waals surface area contributed by atoms with E-state index in [1.54, 1.807) is 0 Å². The van der Waals surface area contributed by atoms with Crippen LogP contribution in [0.2, 0.25) is 0 Å². The van der Waals surface area contributed by atoms with Crippen molar-refractivity contribution in [2.75, 3.05) is 0 Å². The van der Waals surface area contributed by atoms with Crippen molar-refractivity contribution in [3.8, 4) is 0 Å². The molecule has 0 amide bonds. The van der Waals surface area contributed by atoms with Crippen LogP contribution in [0, 0.1) is 6.42 Å². The van der Waals surface area contributed by atoms with E-state index in [4.69, 9.17) is 0 Å². The van der Waals surface area contributed by atoms with E-state index in [-0.39, 0.29) is 4.92 Å². The number of halogens is 3. The number of hydrogen-bond acceptors (Lipinski definition) is 0. The van der Waals surface area contributed by atoms with E-state index in [2.05, 4.69) is 73.8 Å². The molecule has 0 aromatic rings. The van der Waals surface area contributed by atoms with Gasteiger partial charge < -0.3 is 6.42 Å². The monoisotopic (exact) mass is 549 g/mol. The van der Waals surface area contributed by atoms with Crippen molar-refractivity contribution < 1.29 is 4.92 Å². The van der Waals surface area contributed by atoms with Gasteiger partial charge in [-0.25, -0.2) is 0 Å². The Morgan fingerprint density at radius 2 is 1.00 bits per heavy atom. The van der Waals surface area contributed by atoms with Crippen molar-refractivity contribution in [2.24, 2.45) is 0 Å². The zero-order chi connectivity index (χ0) is 11.0. The van der Waals surface area contributed by atoms with E-state index in [0.717, 1.165) is 0 Å². The van der Waals surface area contributed by atoms with Crippen LogP contribution in [0.3, 0.4) is 0 Å². The van der Waals surface area contributed by atoms with Crippen LogP contribution < -0.4 is 0 Å². The van der Waals surface area contributed by atoms with Gasteiger partial charge >= 0.3 is 64.9 Å². The summed E-state index contributed by atoms with van der Waals surface area (Å²) in [6.45, 7) is 12.2. The van der Waals surface area contributed by atoms with Crippen molar-refractivity contribution in [1.29, 1.82) is 0 Å². The Morgan fingerprint density at radius 3 is 1.00 bits per heavy atom. The molecule has 0 fully saturated rings. The average Bonchev–Trinajstić information content (AvgIpc) is 1.92. The Kier molecular flexibility index (Phi) is 74.8. The summed E-state index contributed by atoms with van der Waals surface area (Å²) in [7, 11) is 0. The fourth-order valence-corrected chi connectivity index (χ4v) is 0. The van der Waals surface area contributed by atoms with Crippen molar-refractivity contribution in [3.63, 3.8) is 0 Å². The molecule has 12 heavy (non-hydrogen) atoms. The minimum absolute atomic E-state index is 0.278. The Morgan fingerprint density at radius 1 is 1.00 bits per heavy atom. The van der Waals surface area contributed by atoms with Gasteiger partial charge in [-0.1, -0.05) is 34.1 Å². The molecule has 0 atom stereocenters. The minimum atomic E-state index is -0.278. The van der Waals surface area contributed by atoms with Crippen molar-refractivity contribution >= 4 is 59.9 Å². The van der Waals surface area contributed by atoms with E-state index in [0.29, 0.717) is 0 Å². The molecule has 0 aliphatic carbocycles. The van der Waals surface area contributed by atoms with Crippen LogP contribution in [-0.4, -0.2) is 0 Å². The first-order chi connectivity index (χ1) is 5.56. The van der Waals surface area contributed by atoms with Crippen molar-refractivity contribution in [2.45, 2.75) is 48.0 Å². The molecule has 0 saturated carbocycles. The molecular weight excluding hydrogens is 528 g/mol. The maximum absolute atomic E-state index is 2.46. The van der Waals surface area contributed by atoms with Crippen LogP contribution in [-0.2, 0) is 4.92 Å². The first-order valence-electron chi connectivity index (χ1n) is 4.08. The van der Waals surface area contributed by atoms with E-state index in [1.165, 1.54) is 6.42 Å². The summed E-state index contributed by atoms with van der Waals surface area (Å²) in [4.78, 5) is -0.278. The third-order valence-corrected chi connectivity index (χ3v) is 0. The Labute approximate surface area is 117 Å². The van der Waals surface area contributed by atoms with Gasteiger partial charge in [0.1, 0.15) is 0 Å². The predicted molar refractivity (Wildman–Crippen MR) is 85.0 cm³/mol. The topological polar surface area (TPSA) is 0 Å². The Hall–Kier alpha value is 2.77.